The number of rotatable bonds is 2. The average Bonchev–Trinajstić information content (AvgIpc) is 2.90. The summed E-state index contributed by atoms with van der Waals surface area (Å²) in [4.78, 5) is 25.5. The smallest absolute Gasteiger partial charge is 0.326 e. The number of likely N-dealkylation sites (tertiary alicyclic amines) is 1. The fraction of sp³-hybridized carbons (Fsp3) is 0.643. The van der Waals surface area contributed by atoms with Crippen LogP contribution >= 0.6 is 0 Å². The van der Waals surface area contributed by atoms with Crippen molar-refractivity contribution in [2.45, 2.75) is 51.1 Å². The molecule has 1 saturated heterocycles. The number of hydrogen-bond acceptors (Lipinski definition) is 3. The van der Waals surface area contributed by atoms with E-state index in [1.54, 1.807) is 6.20 Å². The van der Waals surface area contributed by atoms with Crippen LogP contribution in [0.1, 0.15) is 48.2 Å². The first-order valence-corrected chi connectivity index (χ1v) is 7.27. The predicted octanol–water partition coefficient (Wildman–Crippen LogP) is 1.30. The molecule has 1 atom stereocenters. The maximum absolute atomic E-state index is 12.7. The molecular formula is C14H19N3O3. The number of fused-ring (bicyclic) bond motifs is 1. The number of hydrogen-bond donors (Lipinski definition) is 1. The molecule has 1 aromatic heterocycles. The van der Waals surface area contributed by atoms with E-state index in [-0.39, 0.29) is 5.91 Å². The SMILES string of the molecule is O=C(O)[C@H]1CCCCN1C(=O)c1cnn2c1CCCC2. The van der Waals surface area contributed by atoms with Crippen molar-refractivity contribution in [3.8, 4) is 0 Å². The summed E-state index contributed by atoms with van der Waals surface area (Å²) in [5.74, 6) is -1.07. The first-order chi connectivity index (χ1) is 9.68. The van der Waals surface area contributed by atoms with Crippen molar-refractivity contribution < 1.29 is 14.7 Å². The molecule has 1 N–H and O–H groups in total. The Balaban J connectivity index is 1.87. The molecule has 1 fully saturated rings. The van der Waals surface area contributed by atoms with Gasteiger partial charge in [-0.3, -0.25) is 9.48 Å². The zero-order valence-electron chi connectivity index (χ0n) is 11.4. The molecule has 0 unspecified atom stereocenters. The van der Waals surface area contributed by atoms with Crippen molar-refractivity contribution in [2.75, 3.05) is 6.54 Å². The number of nitrogens with zero attached hydrogens (tertiary/aromatic N) is 3. The maximum atomic E-state index is 12.7. The second-order valence-electron chi connectivity index (χ2n) is 5.53. The molecular weight excluding hydrogens is 258 g/mol. The Morgan fingerprint density at radius 2 is 2.00 bits per heavy atom. The normalized spacial score (nSPS) is 22.4. The number of carboxylic acid groups (broad SMARTS) is 1. The standard InChI is InChI=1S/C14H19N3O3/c18-13(16-7-3-1-6-12(16)14(19)20)10-9-15-17-8-4-2-5-11(10)17/h9,12H,1-8H2,(H,19,20)/t12-/m1/s1. The molecule has 0 saturated carbocycles. The summed E-state index contributed by atoms with van der Waals surface area (Å²) < 4.78 is 1.89. The van der Waals surface area contributed by atoms with Crippen LogP contribution in [-0.2, 0) is 17.8 Å². The number of aryl methyl sites for hydroxylation is 1. The quantitative estimate of drug-likeness (QED) is 0.884. The number of amides is 1. The van der Waals surface area contributed by atoms with E-state index in [4.69, 9.17) is 0 Å². The third kappa shape index (κ3) is 2.19. The van der Waals surface area contributed by atoms with Crippen molar-refractivity contribution >= 4 is 11.9 Å². The Morgan fingerprint density at radius 1 is 1.20 bits per heavy atom. The molecule has 108 valence electrons. The van der Waals surface area contributed by atoms with Gasteiger partial charge in [0.25, 0.3) is 5.91 Å². The summed E-state index contributed by atoms with van der Waals surface area (Å²) >= 11 is 0. The number of piperidine rings is 1. The lowest BCUT2D eigenvalue weighted by atomic mass is 10.00. The molecule has 0 aliphatic carbocycles. The minimum Gasteiger partial charge on any atom is -0.480 e. The van der Waals surface area contributed by atoms with E-state index in [1.165, 1.54) is 4.90 Å². The first-order valence-electron chi connectivity index (χ1n) is 7.27. The van der Waals surface area contributed by atoms with E-state index in [0.717, 1.165) is 44.3 Å². The topological polar surface area (TPSA) is 75.4 Å². The zero-order chi connectivity index (χ0) is 14.1. The third-order valence-corrected chi connectivity index (χ3v) is 4.26. The fourth-order valence-corrected chi connectivity index (χ4v) is 3.19. The first kappa shape index (κ1) is 13.1. The monoisotopic (exact) mass is 277 g/mol. The highest BCUT2D eigenvalue weighted by Crippen LogP contribution is 2.24. The van der Waals surface area contributed by atoms with Crippen molar-refractivity contribution in [3.05, 3.63) is 17.5 Å². The summed E-state index contributed by atoms with van der Waals surface area (Å²) in [7, 11) is 0. The molecule has 0 aromatic carbocycles. The highest BCUT2D eigenvalue weighted by atomic mass is 16.4. The molecule has 0 bridgehead atoms. The van der Waals surface area contributed by atoms with Gasteiger partial charge < -0.3 is 10.0 Å². The lowest BCUT2D eigenvalue weighted by Gasteiger charge is -2.33. The summed E-state index contributed by atoms with van der Waals surface area (Å²) in [6.07, 6.45) is 6.90. The Hall–Kier alpha value is -1.85. The lowest BCUT2D eigenvalue weighted by molar-refractivity contribution is -0.143. The number of carbonyl (C=O) groups excluding carboxylic acids is 1. The Morgan fingerprint density at radius 3 is 2.80 bits per heavy atom. The van der Waals surface area contributed by atoms with Crippen LogP contribution in [-0.4, -0.2) is 44.3 Å². The van der Waals surface area contributed by atoms with E-state index in [1.807, 2.05) is 4.68 Å². The van der Waals surface area contributed by atoms with Crippen LogP contribution < -0.4 is 0 Å². The van der Waals surface area contributed by atoms with Gasteiger partial charge in [0.15, 0.2) is 0 Å². The minimum atomic E-state index is -0.904. The largest absolute Gasteiger partial charge is 0.480 e. The Labute approximate surface area is 117 Å². The molecule has 2 aliphatic rings. The maximum Gasteiger partial charge on any atom is 0.326 e. The molecule has 6 nitrogen and oxygen atoms in total. The molecule has 3 heterocycles. The van der Waals surface area contributed by atoms with E-state index >= 15 is 0 Å². The van der Waals surface area contributed by atoms with E-state index in [2.05, 4.69) is 5.10 Å². The Kier molecular flexibility index (Phi) is 3.46. The van der Waals surface area contributed by atoms with E-state index in [0.29, 0.717) is 18.5 Å². The summed E-state index contributed by atoms with van der Waals surface area (Å²) in [5.41, 5.74) is 1.56. The van der Waals surface area contributed by atoms with Gasteiger partial charge in [-0.2, -0.15) is 5.10 Å². The molecule has 20 heavy (non-hydrogen) atoms. The van der Waals surface area contributed by atoms with Crippen LogP contribution in [0, 0.1) is 0 Å². The van der Waals surface area contributed by atoms with Crippen LogP contribution in [0.4, 0.5) is 0 Å². The van der Waals surface area contributed by atoms with Gasteiger partial charge in [0, 0.05) is 13.1 Å². The second-order valence-corrected chi connectivity index (χ2v) is 5.53. The number of carbonyl (C=O) groups is 2. The summed E-state index contributed by atoms with van der Waals surface area (Å²) in [5, 5.41) is 13.5. The van der Waals surface area contributed by atoms with Gasteiger partial charge >= 0.3 is 5.97 Å². The molecule has 1 aromatic rings. The minimum absolute atomic E-state index is 0.166. The van der Waals surface area contributed by atoms with Crippen LogP contribution in [0.15, 0.2) is 6.20 Å². The van der Waals surface area contributed by atoms with Crippen LogP contribution in [0.3, 0.4) is 0 Å². The average molecular weight is 277 g/mol. The zero-order valence-corrected chi connectivity index (χ0v) is 11.4. The van der Waals surface area contributed by atoms with Crippen LogP contribution in [0.5, 0.6) is 0 Å². The third-order valence-electron chi connectivity index (χ3n) is 4.26. The number of aliphatic carboxylic acids is 1. The van der Waals surface area contributed by atoms with Crippen molar-refractivity contribution in [1.29, 1.82) is 0 Å². The van der Waals surface area contributed by atoms with Crippen LogP contribution in [0.2, 0.25) is 0 Å². The van der Waals surface area contributed by atoms with Gasteiger partial charge in [-0.15, -0.1) is 0 Å². The van der Waals surface area contributed by atoms with E-state index < -0.39 is 12.0 Å². The highest BCUT2D eigenvalue weighted by Gasteiger charge is 2.34. The molecule has 0 radical (unpaired) electrons. The summed E-state index contributed by atoms with van der Waals surface area (Å²) in [6, 6.07) is -0.685. The van der Waals surface area contributed by atoms with Crippen molar-refractivity contribution in [3.63, 3.8) is 0 Å². The molecule has 0 spiro atoms. The summed E-state index contributed by atoms with van der Waals surface area (Å²) in [6.45, 7) is 1.38. The van der Waals surface area contributed by atoms with Crippen molar-refractivity contribution in [2.24, 2.45) is 0 Å². The molecule has 2 aliphatic heterocycles. The van der Waals surface area contributed by atoms with Gasteiger partial charge in [0.1, 0.15) is 6.04 Å². The molecule has 6 heteroatoms. The predicted molar refractivity (Wildman–Crippen MR) is 71.5 cm³/mol. The van der Waals surface area contributed by atoms with Gasteiger partial charge in [-0.1, -0.05) is 0 Å². The fourth-order valence-electron chi connectivity index (χ4n) is 3.19. The Bertz CT molecular complexity index is 538. The van der Waals surface area contributed by atoms with Crippen LogP contribution in [0.25, 0.3) is 0 Å². The van der Waals surface area contributed by atoms with Gasteiger partial charge in [-0.25, -0.2) is 4.79 Å². The van der Waals surface area contributed by atoms with Gasteiger partial charge in [0.05, 0.1) is 17.5 Å². The number of aromatic nitrogens is 2. The highest BCUT2D eigenvalue weighted by molar-refractivity contribution is 5.97. The van der Waals surface area contributed by atoms with Crippen molar-refractivity contribution in [1.82, 2.24) is 14.7 Å². The number of carboxylic acids is 1. The van der Waals surface area contributed by atoms with Gasteiger partial charge in [0.2, 0.25) is 0 Å². The van der Waals surface area contributed by atoms with Gasteiger partial charge in [-0.05, 0) is 38.5 Å². The second kappa shape index (κ2) is 5.26. The molecule has 1 amide bonds. The molecule has 3 rings (SSSR count). The lowest BCUT2D eigenvalue weighted by Crippen LogP contribution is -2.48. The van der Waals surface area contributed by atoms with E-state index in [9.17, 15) is 14.7 Å².